The van der Waals surface area contributed by atoms with Crippen molar-refractivity contribution < 1.29 is 40.9 Å². The van der Waals surface area contributed by atoms with Crippen LogP contribution in [0.4, 0.5) is 22.0 Å². The number of hydrogen-bond acceptors (Lipinski definition) is 4. The van der Waals surface area contributed by atoms with E-state index in [-0.39, 0.29) is 18.8 Å². The molecular weight excluding hydrogens is 447 g/mol. The van der Waals surface area contributed by atoms with Crippen molar-refractivity contribution in [2.45, 2.75) is 45.3 Å². The Hall–Kier alpha value is -2.23. The topological polar surface area (TPSA) is 36.9 Å². The first-order valence-corrected chi connectivity index (χ1v) is 10.8. The highest BCUT2D eigenvalue weighted by Gasteiger charge is 2.36. The zero-order valence-corrected chi connectivity index (χ0v) is 18.4. The maximum absolute atomic E-state index is 14.4. The van der Waals surface area contributed by atoms with Gasteiger partial charge in [-0.25, -0.2) is 13.2 Å². The van der Waals surface area contributed by atoms with Crippen LogP contribution in [0.15, 0.2) is 36.4 Å². The highest BCUT2D eigenvalue weighted by atomic mass is 19.3. The van der Waals surface area contributed by atoms with Crippen molar-refractivity contribution in [2.24, 2.45) is 5.41 Å². The minimum atomic E-state index is -3.88. The van der Waals surface area contributed by atoms with E-state index in [0.717, 1.165) is 37.8 Å². The fourth-order valence-corrected chi connectivity index (χ4v) is 3.65. The highest BCUT2D eigenvalue weighted by molar-refractivity contribution is 5.29. The average molecular weight is 474 g/mol. The van der Waals surface area contributed by atoms with Crippen molar-refractivity contribution in [2.75, 3.05) is 26.6 Å². The average Bonchev–Trinajstić information content (AvgIpc) is 2.78. The third kappa shape index (κ3) is 6.88. The van der Waals surface area contributed by atoms with Gasteiger partial charge < -0.3 is 18.9 Å². The van der Waals surface area contributed by atoms with Gasteiger partial charge in [0.15, 0.2) is 17.5 Å². The fourth-order valence-electron chi connectivity index (χ4n) is 3.65. The van der Waals surface area contributed by atoms with Crippen LogP contribution in [0.25, 0.3) is 0 Å². The molecule has 1 aliphatic rings. The third-order valence-electron chi connectivity index (χ3n) is 5.46. The van der Waals surface area contributed by atoms with Crippen LogP contribution in [0.3, 0.4) is 0 Å². The van der Waals surface area contributed by atoms with Gasteiger partial charge in [-0.3, -0.25) is 0 Å². The van der Waals surface area contributed by atoms with Gasteiger partial charge >= 0.3 is 6.11 Å². The van der Waals surface area contributed by atoms with E-state index in [0.29, 0.717) is 37.5 Å². The van der Waals surface area contributed by atoms with Crippen molar-refractivity contribution in [3.05, 3.63) is 65.0 Å². The molecule has 0 aliphatic carbocycles. The minimum absolute atomic E-state index is 0.205. The summed E-state index contributed by atoms with van der Waals surface area (Å²) in [6, 6.07) is 5.91. The van der Waals surface area contributed by atoms with Crippen LogP contribution >= 0.6 is 0 Å². The van der Waals surface area contributed by atoms with Gasteiger partial charge in [-0.05, 0) is 24.1 Å². The second-order valence-corrected chi connectivity index (χ2v) is 8.28. The Morgan fingerprint density at radius 1 is 0.970 bits per heavy atom. The first kappa shape index (κ1) is 25.4. The molecule has 0 N–H and O–H groups in total. The largest absolute Gasteiger partial charge is 0.429 e. The standard InChI is InChI=1S/C24H27F5O4/c1-2-3-4-9-23(14-31-16-32-15-23)13-30-12-17-5-7-18(8-6-17)24(28,29)33-19-10-20(25)22(27)21(26)11-19/h5-8,10-11H,2-4,9,12-16H2,1H3. The molecule has 0 aromatic heterocycles. The molecule has 0 radical (unpaired) electrons. The van der Waals surface area contributed by atoms with Crippen LogP contribution in [-0.4, -0.2) is 26.6 Å². The van der Waals surface area contributed by atoms with E-state index in [1.807, 2.05) is 0 Å². The zero-order valence-electron chi connectivity index (χ0n) is 18.4. The van der Waals surface area contributed by atoms with E-state index >= 15 is 0 Å². The van der Waals surface area contributed by atoms with Crippen LogP contribution in [-0.2, 0) is 26.9 Å². The summed E-state index contributed by atoms with van der Waals surface area (Å²) in [5.41, 5.74) is -0.0928. The molecule has 182 valence electrons. The van der Waals surface area contributed by atoms with Crippen molar-refractivity contribution >= 4 is 0 Å². The lowest BCUT2D eigenvalue weighted by Crippen LogP contribution is -2.41. The van der Waals surface area contributed by atoms with Gasteiger partial charge in [0.05, 0.1) is 32.0 Å². The Balaban J connectivity index is 1.57. The predicted octanol–water partition coefficient (Wildman–Crippen LogP) is 6.32. The van der Waals surface area contributed by atoms with Crippen LogP contribution in [0.1, 0.15) is 43.7 Å². The quantitative estimate of drug-likeness (QED) is 0.217. The van der Waals surface area contributed by atoms with Gasteiger partial charge in [0.25, 0.3) is 0 Å². The van der Waals surface area contributed by atoms with Gasteiger partial charge in [-0.1, -0.05) is 38.3 Å². The maximum atomic E-state index is 14.4. The summed E-state index contributed by atoms with van der Waals surface area (Å²) in [5.74, 6) is -5.81. The molecular formula is C24H27F5O4. The molecule has 33 heavy (non-hydrogen) atoms. The first-order chi connectivity index (χ1) is 15.7. The van der Waals surface area contributed by atoms with E-state index < -0.39 is 34.9 Å². The monoisotopic (exact) mass is 474 g/mol. The Morgan fingerprint density at radius 2 is 1.61 bits per heavy atom. The Bertz CT molecular complexity index is 875. The van der Waals surface area contributed by atoms with Gasteiger partial charge in [0.2, 0.25) is 0 Å². The van der Waals surface area contributed by atoms with E-state index in [2.05, 4.69) is 11.7 Å². The summed E-state index contributed by atoms with van der Waals surface area (Å²) in [4.78, 5) is 0. The second kappa shape index (κ2) is 11.3. The molecule has 0 bridgehead atoms. The molecule has 0 spiro atoms. The van der Waals surface area contributed by atoms with Crippen LogP contribution in [0.5, 0.6) is 5.75 Å². The molecule has 1 saturated heterocycles. The summed E-state index contributed by atoms with van der Waals surface area (Å²) in [5, 5.41) is 0. The van der Waals surface area contributed by atoms with Crippen LogP contribution in [0, 0.1) is 22.9 Å². The molecule has 9 heteroatoms. The molecule has 1 fully saturated rings. The van der Waals surface area contributed by atoms with Gasteiger partial charge in [-0.15, -0.1) is 0 Å². The van der Waals surface area contributed by atoms with E-state index in [9.17, 15) is 22.0 Å². The van der Waals surface area contributed by atoms with E-state index in [1.165, 1.54) is 12.1 Å². The molecule has 0 unspecified atom stereocenters. The molecule has 2 aromatic carbocycles. The van der Waals surface area contributed by atoms with Gasteiger partial charge in [0, 0.05) is 17.5 Å². The molecule has 2 aromatic rings. The number of ether oxygens (including phenoxy) is 4. The molecule has 1 heterocycles. The Morgan fingerprint density at radius 3 is 2.21 bits per heavy atom. The zero-order chi connectivity index (χ0) is 23.9. The van der Waals surface area contributed by atoms with Gasteiger partial charge in [0.1, 0.15) is 12.5 Å². The second-order valence-electron chi connectivity index (χ2n) is 8.28. The fraction of sp³-hybridized carbons (Fsp3) is 0.500. The highest BCUT2D eigenvalue weighted by Crippen LogP contribution is 2.33. The van der Waals surface area contributed by atoms with Crippen molar-refractivity contribution in [3.8, 4) is 5.75 Å². The van der Waals surface area contributed by atoms with Crippen molar-refractivity contribution in [1.29, 1.82) is 0 Å². The van der Waals surface area contributed by atoms with E-state index in [1.54, 1.807) is 0 Å². The molecule has 4 nitrogen and oxygen atoms in total. The summed E-state index contributed by atoms with van der Waals surface area (Å²) in [6.07, 6.45) is 0.281. The number of unbranched alkanes of at least 4 members (excludes halogenated alkanes) is 2. The molecule has 0 atom stereocenters. The third-order valence-corrected chi connectivity index (χ3v) is 5.46. The van der Waals surface area contributed by atoms with Gasteiger partial charge in [-0.2, -0.15) is 8.78 Å². The lowest BCUT2D eigenvalue weighted by atomic mass is 9.84. The number of halogens is 5. The summed E-state index contributed by atoms with van der Waals surface area (Å²) in [6.45, 7) is 4.11. The smallest absolute Gasteiger partial charge is 0.426 e. The van der Waals surface area contributed by atoms with Crippen molar-refractivity contribution in [3.63, 3.8) is 0 Å². The minimum Gasteiger partial charge on any atom is -0.429 e. The number of alkyl halides is 2. The Labute approximate surface area is 189 Å². The molecule has 0 amide bonds. The summed E-state index contributed by atoms with van der Waals surface area (Å²) < 4.78 is 89.6. The van der Waals surface area contributed by atoms with E-state index in [4.69, 9.17) is 14.2 Å². The number of benzene rings is 2. The van der Waals surface area contributed by atoms with Crippen molar-refractivity contribution in [1.82, 2.24) is 0 Å². The predicted molar refractivity (Wildman–Crippen MR) is 110 cm³/mol. The molecule has 1 aliphatic heterocycles. The Kier molecular flexibility index (Phi) is 8.67. The lowest BCUT2D eigenvalue weighted by Gasteiger charge is -2.36. The SMILES string of the molecule is CCCCCC1(COCc2ccc(C(F)(F)Oc3cc(F)c(F)c(F)c3)cc2)COCOC1. The molecule has 3 rings (SSSR count). The number of rotatable bonds is 11. The normalized spacial score (nSPS) is 16.1. The summed E-state index contributed by atoms with van der Waals surface area (Å²) in [7, 11) is 0. The number of hydrogen-bond donors (Lipinski definition) is 0. The van der Waals surface area contributed by atoms with Crippen LogP contribution in [0.2, 0.25) is 0 Å². The lowest BCUT2D eigenvalue weighted by molar-refractivity contribution is -0.186. The molecule has 0 saturated carbocycles. The maximum Gasteiger partial charge on any atom is 0.426 e. The first-order valence-electron chi connectivity index (χ1n) is 10.8. The summed E-state index contributed by atoms with van der Waals surface area (Å²) >= 11 is 0. The van der Waals surface area contributed by atoms with Crippen LogP contribution < -0.4 is 4.74 Å².